The fourth-order valence-electron chi connectivity index (χ4n) is 2.34. The van der Waals surface area contributed by atoms with Crippen molar-refractivity contribution < 1.29 is 0 Å². The summed E-state index contributed by atoms with van der Waals surface area (Å²) in [5.41, 5.74) is 1.12. The highest BCUT2D eigenvalue weighted by atomic mass is 79.9. The maximum Gasteiger partial charge on any atom is 0.0540 e. The van der Waals surface area contributed by atoms with Crippen molar-refractivity contribution in [1.29, 1.82) is 0 Å². The summed E-state index contributed by atoms with van der Waals surface area (Å²) in [5, 5.41) is 3.57. The summed E-state index contributed by atoms with van der Waals surface area (Å²) in [6.45, 7) is 5.92. The Morgan fingerprint density at radius 1 is 1.41 bits per heavy atom. The van der Waals surface area contributed by atoms with Gasteiger partial charge in [0.1, 0.15) is 0 Å². The Hall–Kier alpha value is -0.610. The van der Waals surface area contributed by atoms with Crippen LogP contribution in [-0.4, -0.2) is 35.6 Å². The third kappa shape index (κ3) is 3.96. The predicted molar refractivity (Wildman–Crippen MR) is 75.3 cm³/mol. The Labute approximate surface area is 112 Å². The van der Waals surface area contributed by atoms with Crippen LogP contribution in [0.5, 0.6) is 0 Å². The van der Waals surface area contributed by atoms with Crippen LogP contribution in [0.1, 0.15) is 26.2 Å². The zero-order chi connectivity index (χ0) is 12.1. The summed E-state index contributed by atoms with van der Waals surface area (Å²) < 4.78 is 1.03. The van der Waals surface area contributed by atoms with Crippen LogP contribution in [0.3, 0.4) is 0 Å². The highest BCUT2D eigenvalue weighted by Crippen LogP contribution is 2.18. The molecule has 4 heteroatoms. The van der Waals surface area contributed by atoms with Gasteiger partial charge in [-0.3, -0.25) is 4.98 Å². The first-order valence-corrected chi connectivity index (χ1v) is 7.16. The average Bonchev–Trinajstić information content (AvgIpc) is 2.32. The predicted octanol–water partition coefficient (Wildman–Crippen LogP) is 3.13. The first-order valence-electron chi connectivity index (χ1n) is 6.37. The molecule has 0 saturated carbocycles. The molecule has 1 aromatic rings. The van der Waals surface area contributed by atoms with Gasteiger partial charge < -0.3 is 10.2 Å². The van der Waals surface area contributed by atoms with Crippen molar-refractivity contribution in [3.63, 3.8) is 0 Å². The first kappa shape index (κ1) is 12.8. The summed E-state index contributed by atoms with van der Waals surface area (Å²) in [7, 11) is 0. The van der Waals surface area contributed by atoms with Gasteiger partial charge in [0.2, 0.25) is 0 Å². The van der Waals surface area contributed by atoms with Gasteiger partial charge in [0, 0.05) is 29.8 Å². The minimum Gasteiger partial charge on any atom is -0.381 e. The number of anilines is 1. The van der Waals surface area contributed by atoms with E-state index in [0.29, 0.717) is 6.04 Å². The largest absolute Gasteiger partial charge is 0.381 e. The van der Waals surface area contributed by atoms with Gasteiger partial charge in [-0.05, 0) is 47.8 Å². The van der Waals surface area contributed by atoms with E-state index in [-0.39, 0.29) is 0 Å². The van der Waals surface area contributed by atoms with Crippen LogP contribution in [0.2, 0.25) is 0 Å². The molecule has 94 valence electrons. The molecule has 0 unspecified atom stereocenters. The monoisotopic (exact) mass is 297 g/mol. The smallest absolute Gasteiger partial charge is 0.0540 e. The van der Waals surface area contributed by atoms with Gasteiger partial charge in [-0.15, -0.1) is 0 Å². The number of hydrogen-bond acceptors (Lipinski definition) is 3. The van der Waals surface area contributed by atoms with E-state index in [1.807, 2.05) is 12.4 Å². The lowest BCUT2D eigenvalue weighted by Crippen LogP contribution is -2.39. The highest BCUT2D eigenvalue weighted by Gasteiger charge is 2.18. The van der Waals surface area contributed by atoms with Crippen molar-refractivity contribution in [1.82, 2.24) is 9.88 Å². The number of halogens is 1. The minimum absolute atomic E-state index is 0.596. The number of nitrogens with one attached hydrogen (secondary N) is 1. The molecule has 2 heterocycles. The van der Waals surface area contributed by atoms with E-state index in [1.165, 1.54) is 38.9 Å². The number of pyridine rings is 1. The molecule has 17 heavy (non-hydrogen) atoms. The zero-order valence-electron chi connectivity index (χ0n) is 10.3. The summed E-state index contributed by atoms with van der Waals surface area (Å²) in [6, 6.07) is 2.69. The lowest BCUT2D eigenvalue weighted by atomic mass is 10.0. The van der Waals surface area contributed by atoms with E-state index < -0.39 is 0 Å². The molecule has 2 rings (SSSR count). The molecule has 1 N–H and O–H groups in total. The quantitative estimate of drug-likeness (QED) is 0.925. The topological polar surface area (TPSA) is 28.2 Å². The van der Waals surface area contributed by atoms with E-state index in [0.717, 1.165) is 10.2 Å². The van der Waals surface area contributed by atoms with Gasteiger partial charge in [0.05, 0.1) is 11.9 Å². The number of likely N-dealkylation sites (tertiary alicyclic amines) is 1. The molecule has 0 aliphatic carbocycles. The molecule has 0 aromatic carbocycles. The summed E-state index contributed by atoms with van der Waals surface area (Å²) in [6.07, 6.45) is 7.42. The van der Waals surface area contributed by atoms with Crippen LogP contribution >= 0.6 is 15.9 Å². The van der Waals surface area contributed by atoms with E-state index in [1.54, 1.807) is 0 Å². The van der Waals surface area contributed by atoms with Crippen LogP contribution in [0.4, 0.5) is 5.69 Å². The SMILES string of the molecule is CCCN1CCC(Nc2cncc(Br)c2)CC1. The molecule has 0 radical (unpaired) electrons. The molecule has 0 bridgehead atoms. The van der Waals surface area contributed by atoms with Gasteiger partial charge in [-0.2, -0.15) is 0 Å². The zero-order valence-corrected chi connectivity index (χ0v) is 11.9. The standard InChI is InChI=1S/C13H20BrN3/c1-2-5-17-6-3-12(4-7-17)16-13-8-11(14)9-15-10-13/h8-10,12,16H,2-7H2,1H3. The summed E-state index contributed by atoms with van der Waals surface area (Å²) >= 11 is 3.45. The molecule has 1 aliphatic rings. The molecule has 0 amide bonds. The normalized spacial score (nSPS) is 18.2. The maximum absolute atomic E-state index is 4.17. The van der Waals surface area contributed by atoms with E-state index in [9.17, 15) is 0 Å². The van der Waals surface area contributed by atoms with Crippen molar-refractivity contribution in [2.45, 2.75) is 32.2 Å². The lowest BCUT2D eigenvalue weighted by Gasteiger charge is -2.32. The second-order valence-electron chi connectivity index (χ2n) is 4.65. The fraction of sp³-hybridized carbons (Fsp3) is 0.615. The molecular formula is C13H20BrN3. The molecule has 3 nitrogen and oxygen atoms in total. The van der Waals surface area contributed by atoms with Crippen LogP contribution in [0.15, 0.2) is 22.9 Å². The number of nitrogens with zero attached hydrogens (tertiary/aromatic N) is 2. The van der Waals surface area contributed by atoms with Crippen molar-refractivity contribution in [2.75, 3.05) is 25.0 Å². The van der Waals surface area contributed by atoms with Crippen molar-refractivity contribution in [3.8, 4) is 0 Å². The second kappa shape index (κ2) is 6.36. The average molecular weight is 298 g/mol. The second-order valence-corrected chi connectivity index (χ2v) is 5.57. The molecule has 1 saturated heterocycles. The van der Waals surface area contributed by atoms with Crippen LogP contribution in [0, 0.1) is 0 Å². The van der Waals surface area contributed by atoms with Crippen molar-refractivity contribution >= 4 is 21.6 Å². The number of rotatable bonds is 4. The lowest BCUT2D eigenvalue weighted by molar-refractivity contribution is 0.219. The van der Waals surface area contributed by atoms with Gasteiger partial charge in [-0.1, -0.05) is 6.92 Å². The van der Waals surface area contributed by atoms with Crippen molar-refractivity contribution in [3.05, 3.63) is 22.9 Å². The van der Waals surface area contributed by atoms with E-state index in [4.69, 9.17) is 0 Å². The third-order valence-corrected chi connectivity index (χ3v) is 3.64. The van der Waals surface area contributed by atoms with Crippen LogP contribution in [0.25, 0.3) is 0 Å². The van der Waals surface area contributed by atoms with Crippen LogP contribution < -0.4 is 5.32 Å². The van der Waals surface area contributed by atoms with Gasteiger partial charge >= 0.3 is 0 Å². The van der Waals surface area contributed by atoms with Gasteiger partial charge in [-0.25, -0.2) is 0 Å². The molecule has 1 aromatic heterocycles. The van der Waals surface area contributed by atoms with Crippen LogP contribution in [-0.2, 0) is 0 Å². The maximum atomic E-state index is 4.17. The number of piperidine rings is 1. The molecule has 0 spiro atoms. The number of hydrogen-bond donors (Lipinski definition) is 1. The summed E-state index contributed by atoms with van der Waals surface area (Å²) in [4.78, 5) is 6.73. The first-order chi connectivity index (χ1) is 8.28. The minimum atomic E-state index is 0.596. The molecule has 0 atom stereocenters. The Kier molecular flexibility index (Phi) is 4.80. The summed E-state index contributed by atoms with van der Waals surface area (Å²) in [5.74, 6) is 0. The Bertz CT molecular complexity index is 348. The van der Waals surface area contributed by atoms with E-state index in [2.05, 4.69) is 44.1 Å². The van der Waals surface area contributed by atoms with Gasteiger partial charge in [0.25, 0.3) is 0 Å². The Morgan fingerprint density at radius 2 is 2.18 bits per heavy atom. The molecular weight excluding hydrogens is 278 g/mol. The Balaban J connectivity index is 1.82. The highest BCUT2D eigenvalue weighted by molar-refractivity contribution is 9.10. The Morgan fingerprint density at radius 3 is 2.82 bits per heavy atom. The van der Waals surface area contributed by atoms with Crippen molar-refractivity contribution in [2.24, 2.45) is 0 Å². The fourth-order valence-corrected chi connectivity index (χ4v) is 2.71. The number of aromatic nitrogens is 1. The third-order valence-electron chi connectivity index (χ3n) is 3.20. The van der Waals surface area contributed by atoms with E-state index >= 15 is 0 Å². The molecule has 1 aliphatic heterocycles. The van der Waals surface area contributed by atoms with Gasteiger partial charge in [0.15, 0.2) is 0 Å². The molecule has 1 fully saturated rings.